The van der Waals surface area contributed by atoms with Crippen LogP contribution in [0.3, 0.4) is 0 Å². The Morgan fingerprint density at radius 1 is 1.21 bits per heavy atom. The van der Waals surface area contributed by atoms with Crippen LogP contribution in [0.2, 0.25) is 10.0 Å². The van der Waals surface area contributed by atoms with Crippen LogP contribution in [-0.4, -0.2) is 48.4 Å². The van der Waals surface area contributed by atoms with Gasteiger partial charge in [-0.3, -0.25) is 9.69 Å². The van der Waals surface area contributed by atoms with E-state index in [2.05, 4.69) is 11.8 Å². The summed E-state index contributed by atoms with van der Waals surface area (Å²) in [4.78, 5) is 16.6. The first-order chi connectivity index (χ1) is 9.11. The summed E-state index contributed by atoms with van der Waals surface area (Å²) in [6.45, 7) is 6.63. The summed E-state index contributed by atoms with van der Waals surface area (Å²) in [5.41, 5.74) is 0.498. The molecule has 1 heterocycles. The lowest BCUT2D eigenvalue weighted by atomic mass is 10.1. The van der Waals surface area contributed by atoms with E-state index in [9.17, 15) is 4.79 Å². The van der Waals surface area contributed by atoms with Crippen molar-refractivity contribution < 1.29 is 4.79 Å². The zero-order valence-electron chi connectivity index (χ0n) is 11.0. The smallest absolute Gasteiger partial charge is 0.255 e. The summed E-state index contributed by atoms with van der Waals surface area (Å²) in [7, 11) is 0. The predicted octanol–water partition coefficient (Wildman–Crippen LogP) is 3.16. The molecule has 104 valence electrons. The summed E-state index contributed by atoms with van der Waals surface area (Å²) in [5.74, 6) is -0.0244. The fourth-order valence-electron chi connectivity index (χ4n) is 2.32. The molecule has 0 bridgehead atoms. The van der Waals surface area contributed by atoms with Crippen molar-refractivity contribution >= 4 is 29.1 Å². The lowest BCUT2D eigenvalue weighted by Gasteiger charge is -2.34. The Kier molecular flexibility index (Phi) is 5.08. The van der Waals surface area contributed by atoms with E-state index in [0.717, 1.165) is 39.1 Å². The van der Waals surface area contributed by atoms with Crippen LogP contribution in [0.4, 0.5) is 0 Å². The first-order valence-electron chi connectivity index (χ1n) is 6.58. The average molecular weight is 301 g/mol. The van der Waals surface area contributed by atoms with Crippen LogP contribution in [0.15, 0.2) is 18.2 Å². The van der Waals surface area contributed by atoms with E-state index in [1.165, 1.54) is 0 Å². The van der Waals surface area contributed by atoms with Crippen LogP contribution in [0.1, 0.15) is 23.7 Å². The first kappa shape index (κ1) is 14.6. The van der Waals surface area contributed by atoms with Gasteiger partial charge in [-0.2, -0.15) is 0 Å². The highest BCUT2D eigenvalue weighted by atomic mass is 35.5. The Morgan fingerprint density at radius 2 is 1.89 bits per heavy atom. The molecule has 2 rings (SSSR count). The van der Waals surface area contributed by atoms with E-state index < -0.39 is 0 Å². The minimum atomic E-state index is -0.0244. The Hall–Kier alpha value is -0.770. The van der Waals surface area contributed by atoms with Crippen LogP contribution in [0, 0.1) is 0 Å². The summed E-state index contributed by atoms with van der Waals surface area (Å²) >= 11 is 12.0. The largest absolute Gasteiger partial charge is 0.336 e. The Bertz CT molecular complexity index is 457. The van der Waals surface area contributed by atoms with E-state index in [1.54, 1.807) is 18.2 Å². The van der Waals surface area contributed by atoms with E-state index in [4.69, 9.17) is 23.2 Å². The van der Waals surface area contributed by atoms with Crippen molar-refractivity contribution in [3.8, 4) is 0 Å². The molecule has 1 aromatic carbocycles. The number of halogens is 2. The van der Waals surface area contributed by atoms with Crippen LogP contribution in [-0.2, 0) is 0 Å². The molecule has 0 saturated carbocycles. The van der Waals surface area contributed by atoms with Crippen molar-refractivity contribution in [1.29, 1.82) is 0 Å². The molecule has 1 aliphatic rings. The number of piperazine rings is 1. The standard InChI is InChI=1S/C14H18Cl2N2O/c1-2-5-17-6-8-18(9-7-17)14(19)12-10-11(15)3-4-13(12)16/h3-4,10H,2,5-9H2,1H3. The number of amides is 1. The van der Waals surface area contributed by atoms with E-state index in [1.807, 2.05) is 4.90 Å². The molecule has 0 atom stereocenters. The van der Waals surface area contributed by atoms with Crippen molar-refractivity contribution in [3.05, 3.63) is 33.8 Å². The maximum absolute atomic E-state index is 12.4. The molecule has 0 radical (unpaired) electrons. The normalized spacial score (nSPS) is 16.7. The second-order valence-electron chi connectivity index (χ2n) is 4.76. The van der Waals surface area contributed by atoms with Gasteiger partial charge in [0.15, 0.2) is 0 Å². The second kappa shape index (κ2) is 6.60. The maximum Gasteiger partial charge on any atom is 0.255 e. The van der Waals surface area contributed by atoms with Gasteiger partial charge in [-0.25, -0.2) is 0 Å². The monoisotopic (exact) mass is 300 g/mol. The molecule has 1 aromatic rings. The lowest BCUT2D eigenvalue weighted by molar-refractivity contribution is 0.0637. The minimum Gasteiger partial charge on any atom is -0.336 e. The molecule has 0 aromatic heterocycles. The predicted molar refractivity (Wildman–Crippen MR) is 79.1 cm³/mol. The molecule has 5 heteroatoms. The highest BCUT2D eigenvalue weighted by molar-refractivity contribution is 6.35. The molecular weight excluding hydrogens is 283 g/mol. The van der Waals surface area contributed by atoms with Crippen LogP contribution in [0.5, 0.6) is 0 Å². The zero-order chi connectivity index (χ0) is 13.8. The highest BCUT2D eigenvalue weighted by Gasteiger charge is 2.23. The van der Waals surface area contributed by atoms with Crippen molar-refractivity contribution in [2.75, 3.05) is 32.7 Å². The number of hydrogen-bond acceptors (Lipinski definition) is 2. The quantitative estimate of drug-likeness (QED) is 0.856. The van der Waals surface area contributed by atoms with Crippen LogP contribution in [0.25, 0.3) is 0 Å². The first-order valence-corrected chi connectivity index (χ1v) is 7.34. The van der Waals surface area contributed by atoms with E-state index in [0.29, 0.717) is 15.6 Å². The molecular formula is C14H18Cl2N2O. The number of hydrogen-bond donors (Lipinski definition) is 0. The van der Waals surface area contributed by atoms with Gasteiger partial charge in [0.25, 0.3) is 5.91 Å². The van der Waals surface area contributed by atoms with Gasteiger partial charge in [-0.05, 0) is 31.2 Å². The van der Waals surface area contributed by atoms with Gasteiger partial charge in [-0.15, -0.1) is 0 Å². The van der Waals surface area contributed by atoms with Crippen molar-refractivity contribution in [3.63, 3.8) is 0 Å². The highest BCUT2D eigenvalue weighted by Crippen LogP contribution is 2.22. The zero-order valence-corrected chi connectivity index (χ0v) is 12.5. The van der Waals surface area contributed by atoms with Crippen molar-refractivity contribution in [1.82, 2.24) is 9.80 Å². The minimum absolute atomic E-state index is 0.0244. The fourth-order valence-corrected chi connectivity index (χ4v) is 2.69. The number of rotatable bonds is 3. The lowest BCUT2D eigenvalue weighted by Crippen LogP contribution is -2.48. The molecule has 1 fully saturated rings. The van der Waals surface area contributed by atoms with Gasteiger partial charge in [0.05, 0.1) is 10.6 Å². The second-order valence-corrected chi connectivity index (χ2v) is 5.60. The Labute approximate surface area is 124 Å². The van der Waals surface area contributed by atoms with E-state index >= 15 is 0 Å². The Balaban J connectivity index is 2.03. The molecule has 1 aliphatic heterocycles. The average Bonchev–Trinajstić information content (AvgIpc) is 2.42. The van der Waals surface area contributed by atoms with Gasteiger partial charge in [0.1, 0.15) is 0 Å². The third-order valence-corrected chi connectivity index (χ3v) is 3.92. The van der Waals surface area contributed by atoms with Crippen LogP contribution >= 0.6 is 23.2 Å². The van der Waals surface area contributed by atoms with Gasteiger partial charge >= 0.3 is 0 Å². The van der Waals surface area contributed by atoms with Gasteiger partial charge in [0, 0.05) is 31.2 Å². The fraction of sp³-hybridized carbons (Fsp3) is 0.500. The molecule has 0 N–H and O–H groups in total. The molecule has 1 saturated heterocycles. The molecule has 0 aliphatic carbocycles. The van der Waals surface area contributed by atoms with Gasteiger partial charge < -0.3 is 4.90 Å². The van der Waals surface area contributed by atoms with Crippen molar-refractivity contribution in [2.45, 2.75) is 13.3 Å². The summed E-state index contributed by atoms with van der Waals surface area (Å²) in [5, 5.41) is 1.00. The SMILES string of the molecule is CCCN1CCN(C(=O)c2cc(Cl)ccc2Cl)CC1. The maximum atomic E-state index is 12.4. The number of carbonyl (C=O) groups is 1. The third-order valence-electron chi connectivity index (χ3n) is 3.36. The Morgan fingerprint density at radius 3 is 2.53 bits per heavy atom. The molecule has 1 amide bonds. The van der Waals surface area contributed by atoms with Crippen LogP contribution < -0.4 is 0 Å². The number of carbonyl (C=O) groups excluding carboxylic acids is 1. The number of nitrogens with zero attached hydrogens (tertiary/aromatic N) is 2. The topological polar surface area (TPSA) is 23.6 Å². The molecule has 19 heavy (non-hydrogen) atoms. The van der Waals surface area contributed by atoms with Crippen molar-refractivity contribution in [2.24, 2.45) is 0 Å². The summed E-state index contributed by atoms with van der Waals surface area (Å²) < 4.78 is 0. The molecule has 0 unspecified atom stereocenters. The van der Waals surface area contributed by atoms with E-state index in [-0.39, 0.29) is 5.91 Å². The number of benzene rings is 1. The van der Waals surface area contributed by atoms with Gasteiger partial charge in [-0.1, -0.05) is 30.1 Å². The molecule has 3 nitrogen and oxygen atoms in total. The summed E-state index contributed by atoms with van der Waals surface area (Å²) in [6, 6.07) is 5.01. The third kappa shape index (κ3) is 3.62. The van der Waals surface area contributed by atoms with Gasteiger partial charge in [0.2, 0.25) is 0 Å². The summed E-state index contributed by atoms with van der Waals surface area (Å²) in [6.07, 6.45) is 1.15. The molecule has 0 spiro atoms.